The van der Waals surface area contributed by atoms with E-state index in [9.17, 15) is 19.8 Å². The molecule has 5 fully saturated rings. The van der Waals surface area contributed by atoms with Gasteiger partial charge in [-0.1, -0.05) is 13.5 Å². The predicted molar refractivity (Wildman–Crippen MR) is 88.4 cm³/mol. The van der Waals surface area contributed by atoms with Gasteiger partial charge in [0.05, 0.1) is 16.9 Å². The van der Waals surface area contributed by atoms with E-state index in [-0.39, 0.29) is 23.7 Å². The lowest BCUT2D eigenvalue weighted by Gasteiger charge is -2.46. The van der Waals surface area contributed by atoms with Gasteiger partial charge in [-0.3, -0.25) is 9.59 Å². The van der Waals surface area contributed by atoms with Gasteiger partial charge in [0.1, 0.15) is 5.60 Å². The Kier molecular flexibility index (Phi) is 2.62. The Balaban J connectivity index is 1.76. The molecule has 25 heavy (non-hydrogen) atoms. The largest absolute Gasteiger partial charge is 0.481 e. The molecule has 0 amide bonds. The number of aliphatic hydroxyl groups is 1. The molecule has 8 atom stereocenters. The van der Waals surface area contributed by atoms with Crippen LogP contribution in [0.5, 0.6) is 0 Å². The molecule has 1 aliphatic heterocycles. The molecule has 0 aromatic heterocycles. The molecule has 0 radical (unpaired) electrons. The fourth-order valence-corrected chi connectivity index (χ4v) is 7.89. The van der Waals surface area contributed by atoms with Gasteiger partial charge in [0, 0.05) is 11.8 Å². The first-order valence-corrected chi connectivity index (χ1v) is 9.49. The summed E-state index contributed by atoms with van der Waals surface area (Å²) in [6, 6.07) is 0. The fourth-order valence-electron chi connectivity index (χ4n) is 7.89. The molecule has 4 saturated carbocycles. The van der Waals surface area contributed by atoms with Crippen LogP contribution in [0.1, 0.15) is 52.4 Å². The highest BCUT2D eigenvalue weighted by atomic mass is 16.6. The third-order valence-corrected chi connectivity index (χ3v) is 9.06. The van der Waals surface area contributed by atoms with Gasteiger partial charge in [-0.2, -0.15) is 0 Å². The van der Waals surface area contributed by atoms with Crippen molar-refractivity contribution in [2.45, 2.75) is 63.6 Å². The van der Waals surface area contributed by atoms with Crippen molar-refractivity contribution >= 4 is 11.9 Å². The second-order valence-corrected chi connectivity index (χ2v) is 9.67. The van der Waals surface area contributed by atoms with E-state index in [4.69, 9.17) is 4.74 Å². The number of carbonyl (C=O) groups is 2. The lowest BCUT2D eigenvalue weighted by atomic mass is 9.56. The first-order chi connectivity index (χ1) is 11.6. The first kappa shape index (κ1) is 15.9. The van der Waals surface area contributed by atoms with Crippen LogP contribution < -0.4 is 0 Å². The van der Waals surface area contributed by atoms with Gasteiger partial charge in [-0.15, -0.1) is 0 Å². The van der Waals surface area contributed by atoms with Crippen LogP contribution in [0.2, 0.25) is 0 Å². The van der Waals surface area contributed by atoms with Crippen molar-refractivity contribution in [2.75, 3.05) is 0 Å². The zero-order chi connectivity index (χ0) is 18.0. The minimum absolute atomic E-state index is 0.0175. The molecule has 5 heteroatoms. The summed E-state index contributed by atoms with van der Waals surface area (Å²) in [6.07, 6.45) is 3.96. The van der Waals surface area contributed by atoms with E-state index in [1.54, 1.807) is 0 Å². The summed E-state index contributed by atoms with van der Waals surface area (Å²) in [5.41, 5.74) is -2.09. The lowest BCUT2D eigenvalue weighted by molar-refractivity contribution is -0.163. The summed E-state index contributed by atoms with van der Waals surface area (Å²) in [7, 11) is 0. The number of carboxylic acids is 1. The molecule has 1 spiro atoms. The van der Waals surface area contributed by atoms with Crippen LogP contribution in [-0.4, -0.2) is 33.4 Å². The van der Waals surface area contributed by atoms with Gasteiger partial charge in [-0.05, 0) is 62.4 Å². The SMILES string of the molecule is C=C1C[C@]23C[C@@]1(O)CC[C@H]2[C@@]12CC[C@H](C)[C@@](C)(C(=O)O1)[C@H]2[C@@H]3C(=O)O. The van der Waals surface area contributed by atoms with Crippen LogP contribution in [0.3, 0.4) is 0 Å². The second-order valence-electron chi connectivity index (χ2n) is 9.67. The number of esters is 1. The molecule has 5 aliphatic rings. The molecular weight excluding hydrogens is 320 g/mol. The van der Waals surface area contributed by atoms with Gasteiger partial charge >= 0.3 is 11.9 Å². The topological polar surface area (TPSA) is 83.8 Å². The van der Waals surface area contributed by atoms with E-state index < -0.39 is 33.9 Å². The lowest BCUT2D eigenvalue weighted by Crippen LogP contribution is -2.50. The number of carbonyl (C=O) groups excluding carboxylic acids is 1. The Morgan fingerprint density at radius 3 is 2.72 bits per heavy atom. The average Bonchev–Trinajstić information content (AvgIpc) is 2.95. The summed E-state index contributed by atoms with van der Waals surface area (Å²) in [6.45, 7) is 8.07. The average molecular weight is 346 g/mol. The quantitative estimate of drug-likeness (QED) is 0.563. The molecule has 4 aliphatic carbocycles. The van der Waals surface area contributed by atoms with Crippen LogP contribution in [-0.2, 0) is 14.3 Å². The maximum absolute atomic E-state index is 12.9. The molecule has 0 aromatic rings. The van der Waals surface area contributed by atoms with Crippen molar-refractivity contribution in [1.82, 2.24) is 0 Å². The highest BCUT2D eigenvalue weighted by Crippen LogP contribution is 2.79. The Bertz CT molecular complexity index is 730. The van der Waals surface area contributed by atoms with Crippen LogP contribution in [0.4, 0.5) is 0 Å². The van der Waals surface area contributed by atoms with Gasteiger partial charge in [0.25, 0.3) is 0 Å². The van der Waals surface area contributed by atoms with Gasteiger partial charge in [0.15, 0.2) is 0 Å². The van der Waals surface area contributed by atoms with Gasteiger partial charge in [-0.25, -0.2) is 0 Å². The number of carboxylic acid groups (broad SMARTS) is 1. The Morgan fingerprint density at radius 2 is 2.04 bits per heavy atom. The van der Waals surface area contributed by atoms with Crippen LogP contribution in [0, 0.1) is 34.5 Å². The maximum Gasteiger partial charge on any atom is 0.313 e. The Labute approximate surface area is 147 Å². The van der Waals surface area contributed by atoms with Crippen molar-refractivity contribution in [2.24, 2.45) is 34.5 Å². The normalized spacial score (nSPS) is 58.7. The molecule has 136 valence electrons. The molecule has 5 nitrogen and oxygen atoms in total. The molecular formula is C20H26O5. The van der Waals surface area contributed by atoms with E-state index in [0.717, 1.165) is 18.4 Å². The standard InChI is InChI=1S/C20H26O5/c1-10-4-7-20-12-5-6-19(24)9-18(12,8-11(19)2)13(15(21)22)14(20)17(10,3)16(23)25-20/h10,12-14,24H,2,4-9H2,1,3H3,(H,21,22)/t10-,12+,13+,14+,17+,18-,19-,20+/m0/s1. The summed E-state index contributed by atoms with van der Waals surface area (Å²) in [5.74, 6) is -1.86. The zero-order valence-corrected chi connectivity index (χ0v) is 14.9. The van der Waals surface area contributed by atoms with E-state index in [1.165, 1.54) is 0 Å². The predicted octanol–water partition coefficient (Wildman–Crippen LogP) is 2.53. The first-order valence-electron chi connectivity index (χ1n) is 9.49. The van der Waals surface area contributed by atoms with Crippen LogP contribution in [0.15, 0.2) is 12.2 Å². The highest BCUT2D eigenvalue weighted by molar-refractivity contribution is 5.85. The highest BCUT2D eigenvalue weighted by Gasteiger charge is 2.83. The smallest absolute Gasteiger partial charge is 0.313 e. The van der Waals surface area contributed by atoms with Gasteiger partial charge < -0.3 is 14.9 Å². The monoisotopic (exact) mass is 346 g/mol. The molecule has 4 bridgehead atoms. The van der Waals surface area contributed by atoms with E-state index in [2.05, 4.69) is 13.5 Å². The van der Waals surface area contributed by atoms with E-state index >= 15 is 0 Å². The van der Waals surface area contributed by atoms with Crippen LogP contribution >= 0.6 is 0 Å². The third-order valence-electron chi connectivity index (χ3n) is 9.06. The molecule has 1 saturated heterocycles. The molecule has 2 N–H and O–H groups in total. The van der Waals surface area contributed by atoms with Gasteiger partial charge in [0.2, 0.25) is 0 Å². The van der Waals surface area contributed by atoms with E-state index in [0.29, 0.717) is 25.7 Å². The minimum Gasteiger partial charge on any atom is -0.481 e. The van der Waals surface area contributed by atoms with Crippen LogP contribution in [0.25, 0.3) is 0 Å². The molecule has 1 heterocycles. The number of hydrogen-bond donors (Lipinski definition) is 2. The van der Waals surface area contributed by atoms with Crippen molar-refractivity contribution in [3.8, 4) is 0 Å². The van der Waals surface area contributed by atoms with Crippen molar-refractivity contribution in [3.05, 3.63) is 12.2 Å². The Morgan fingerprint density at radius 1 is 1.32 bits per heavy atom. The second kappa shape index (κ2) is 4.13. The minimum atomic E-state index is -0.940. The summed E-state index contributed by atoms with van der Waals surface area (Å²) in [4.78, 5) is 25.4. The molecule has 0 unspecified atom stereocenters. The zero-order valence-electron chi connectivity index (χ0n) is 14.9. The van der Waals surface area contributed by atoms with Crippen molar-refractivity contribution in [3.63, 3.8) is 0 Å². The number of fused-ring (bicyclic) bond motifs is 1. The summed E-state index contributed by atoms with van der Waals surface area (Å²) < 4.78 is 6.12. The fraction of sp³-hybridized carbons (Fsp3) is 0.800. The van der Waals surface area contributed by atoms with E-state index in [1.807, 2.05) is 6.92 Å². The molecule has 0 aromatic carbocycles. The maximum atomic E-state index is 12.9. The summed E-state index contributed by atoms with van der Waals surface area (Å²) >= 11 is 0. The number of hydrogen-bond acceptors (Lipinski definition) is 4. The van der Waals surface area contributed by atoms with Crippen molar-refractivity contribution in [1.29, 1.82) is 0 Å². The number of aliphatic carboxylic acids is 1. The van der Waals surface area contributed by atoms with Crippen molar-refractivity contribution < 1.29 is 24.5 Å². The summed E-state index contributed by atoms with van der Waals surface area (Å²) in [5, 5.41) is 21.2. The number of ether oxygens (including phenoxy) is 1. The molecule has 5 rings (SSSR count). The Hall–Kier alpha value is -1.36. The number of rotatable bonds is 1. The third kappa shape index (κ3) is 1.41.